The Bertz CT molecular complexity index is 322. The van der Waals surface area contributed by atoms with Gasteiger partial charge in [0.05, 0.1) is 16.6 Å². The van der Waals surface area contributed by atoms with E-state index in [1.54, 1.807) is 0 Å². The fourth-order valence-electron chi connectivity index (χ4n) is 0.987. The van der Waals surface area contributed by atoms with Crippen molar-refractivity contribution in [1.82, 2.24) is 0 Å². The van der Waals surface area contributed by atoms with E-state index in [1.807, 2.05) is 0 Å². The summed E-state index contributed by atoms with van der Waals surface area (Å²) in [6.45, 7) is -0.954. The zero-order valence-corrected chi connectivity index (χ0v) is 8.58. The van der Waals surface area contributed by atoms with Gasteiger partial charge in [-0.1, -0.05) is 11.6 Å². The first-order chi connectivity index (χ1) is 6.07. The van der Waals surface area contributed by atoms with Gasteiger partial charge in [-0.05, 0) is 12.1 Å². The van der Waals surface area contributed by atoms with Crippen molar-refractivity contribution >= 4 is 24.0 Å². The quantitative estimate of drug-likeness (QED) is 0.839. The highest BCUT2D eigenvalue weighted by Crippen LogP contribution is 2.32. The van der Waals surface area contributed by atoms with Crippen LogP contribution in [0.1, 0.15) is 11.6 Å². The van der Waals surface area contributed by atoms with Gasteiger partial charge in [-0.15, -0.1) is 12.4 Å². The SMILES string of the molecule is Cl.N[C@H](CF)c1c(F)ccc(Cl)c1O. The molecule has 1 aromatic carbocycles. The number of phenols is 1. The highest BCUT2D eigenvalue weighted by molar-refractivity contribution is 6.32. The van der Waals surface area contributed by atoms with Crippen LogP contribution in [0.2, 0.25) is 5.02 Å². The molecule has 0 radical (unpaired) electrons. The van der Waals surface area contributed by atoms with Crippen LogP contribution in [0.5, 0.6) is 5.75 Å². The van der Waals surface area contributed by atoms with Gasteiger partial charge in [0.15, 0.2) is 0 Å². The minimum atomic E-state index is -1.18. The van der Waals surface area contributed by atoms with Crippen molar-refractivity contribution in [1.29, 1.82) is 0 Å². The zero-order valence-electron chi connectivity index (χ0n) is 7.01. The van der Waals surface area contributed by atoms with Gasteiger partial charge in [-0.2, -0.15) is 0 Å². The minimum Gasteiger partial charge on any atom is -0.506 e. The number of hydrogen-bond acceptors (Lipinski definition) is 2. The Morgan fingerprint density at radius 3 is 2.57 bits per heavy atom. The van der Waals surface area contributed by atoms with E-state index in [0.717, 1.165) is 6.07 Å². The molecule has 1 rings (SSSR count). The third-order valence-corrected chi connectivity index (χ3v) is 1.96. The average Bonchev–Trinajstić information content (AvgIpc) is 2.12. The molecule has 14 heavy (non-hydrogen) atoms. The van der Waals surface area contributed by atoms with Crippen LogP contribution in [0.15, 0.2) is 12.1 Å². The molecule has 0 aliphatic rings. The first kappa shape index (κ1) is 13.4. The molecule has 3 N–H and O–H groups in total. The standard InChI is InChI=1S/C8H8ClF2NO.ClH/c9-4-1-2-5(11)7(8(4)13)6(12)3-10;/h1-2,6,13H,3,12H2;1H/t6-;/m1./s1. The molecule has 0 aliphatic carbocycles. The average molecular weight is 244 g/mol. The summed E-state index contributed by atoms with van der Waals surface area (Å²) in [6, 6.07) is 1.03. The molecule has 0 spiro atoms. The van der Waals surface area contributed by atoms with E-state index in [1.165, 1.54) is 6.07 Å². The summed E-state index contributed by atoms with van der Waals surface area (Å²) in [6.07, 6.45) is 0. The number of benzene rings is 1. The largest absolute Gasteiger partial charge is 0.506 e. The lowest BCUT2D eigenvalue weighted by Crippen LogP contribution is -2.14. The summed E-state index contributed by atoms with van der Waals surface area (Å²) in [5.74, 6) is -1.25. The molecular weight excluding hydrogens is 235 g/mol. The Hall–Kier alpha value is -0.580. The lowest BCUT2D eigenvalue weighted by Gasteiger charge is -2.11. The lowest BCUT2D eigenvalue weighted by atomic mass is 10.1. The summed E-state index contributed by atoms with van der Waals surface area (Å²) >= 11 is 5.49. The Morgan fingerprint density at radius 2 is 2.07 bits per heavy atom. The molecule has 0 saturated carbocycles. The molecule has 0 amide bonds. The molecule has 0 saturated heterocycles. The smallest absolute Gasteiger partial charge is 0.141 e. The molecule has 80 valence electrons. The number of alkyl halides is 1. The van der Waals surface area contributed by atoms with Crippen LogP contribution in [0.4, 0.5) is 8.78 Å². The number of nitrogens with two attached hydrogens (primary N) is 1. The van der Waals surface area contributed by atoms with Crippen molar-refractivity contribution in [2.24, 2.45) is 5.73 Å². The summed E-state index contributed by atoms with van der Waals surface area (Å²) in [4.78, 5) is 0. The van der Waals surface area contributed by atoms with Crippen molar-refractivity contribution < 1.29 is 13.9 Å². The van der Waals surface area contributed by atoms with Crippen LogP contribution in [0.25, 0.3) is 0 Å². The maximum atomic E-state index is 13.0. The molecule has 0 fully saturated rings. The van der Waals surface area contributed by atoms with Crippen LogP contribution in [-0.4, -0.2) is 11.8 Å². The van der Waals surface area contributed by atoms with Gasteiger partial charge in [-0.3, -0.25) is 0 Å². The van der Waals surface area contributed by atoms with Crippen LogP contribution < -0.4 is 5.73 Å². The predicted molar refractivity (Wildman–Crippen MR) is 53.2 cm³/mol. The van der Waals surface area contributed by atoms with Crippen molar-refractivity contribution in [3.8, 4) is 5.75 Å². The topological polar surface area (TPSA) is 46.2 Å². The highest BCUT2D eigenvalue weighted by Gasteiger charge is 2.18. The maximum absolute atomic E-state index is 13.0. The van der Waals surface area contributed by atoms with E-state index in [9.17, 15) is 13.9 Å². The van der Waals surface area contributed by atoms with E-state index in [-0.39, 0.29) is 23.0 Å². The van der Waals surface area contributed by atoms with Crippen molar-refractivity contribution in [3.05, 3.63) is 28.5 Å². The van der Waals surface area contributed by atoms with Gasteiger partial charge in [0.25, 0.3) is 0 Å². The van der Waals surface area contributed by atoms with E-state index >= 15 is 0 Å². The van der Waals surface area contributed by atoms with Crippen LogP contribution in [-0.2, 0) is 0 Å². The molecule has 0 unspecified atom stereocenters. The highest BCUT2D eigenvalue weighted by atomic mass is 35.5. The summed E-state index contributed by atoms with van der Waals surface area (Å²) in [5, 5.41) is 9.22. The number of halogens is 4. The second kappa shape index (κ2) is 5.34. The maximum Gasteiger partial charge on any atom is 0.141 e. The van der Waals surface area contributed by atoms with Crippen LogP contribution in [0.3, 0.4) is 0 Å². The zero-order chi connectivity index (χ0) is 10.0. The fraction of sp³-hybridized carbons (Fsp3) is 0.250. The summed E-state index contributed by atoms with van der Waals surface area (Å²) in [5.41, 5.74) is 4.95. The number of aromatic hydroxyl groups is 1. The fourth-order valence-corrected chi connectivity index (χ4v) is 1.15. The molecule has 2 nitrogen and oxygen atoms in total. The predicted octanol–water partition coefficient (Wildman–Crippen LogP) is 2.58. The van der Waals surface area contributed by atoms with Crippen molar-refractivity contribution in [3.63, 3.8) is 0 Å². The van der Waals surface area contributed by atoms with E-state index < -0.39 is 24.3 Å². The minimum absolute atomic E-state index is 0. The molecule has 0 aliphatic heterocycles. The van der Waals surface area contributed by atoms with Gasteiger partial charge in [-0.25, -0.2) is 8.78 Å². The number of hydrogen-bond donors (Lipinski definition) is 2. The normalized spacial score (nSPS) is 12.0. The monoisotopic (exact) mass is 243 g/mol. The van der Waals surface area contributed by atoms with E-state index in [2.05, 4.69) is 0 Å². The van der Waals surface area contributed by atoms with Crippen molar-refractivity contribution in [2.45, 2.75) is 6.04 Å². The van der Waals surface area contributed by atoms with Gasteiger partial charge in [0, 0.05) is 0 Å². The molecule has 1 aromatic rings. The third-order valence-electron chi connectivity index (χ3n) is 1.65. The second-order valence-electron chi connectivity index (χ2n) is 2.55. The Balaban J connectivity index is 0.00000169. The van der Waals surface area contributed by atoms with E-state index in [4.69, 9.17) is 17.3 Å². The molecular formula is C8H9Cl2F2NO. The molecule has 0 bridgehead atoms. The summed E-state index contributed by atoms with van der Waals surface area (Å²) < 4.78 is 25.1. The van der Waals surface area contributed by atoms with Crippen molar-refractivity contribution in [2.75, 3.05) is 6.67 Å². The van der Waals surface area contributed by atoms with Crippen LogP contribution in [0, 0.1) is 5.82 Å². The van der Waals surface area contributed by atoms with Crippen LogP contribution >= 0.6 is 24.0 Å². The van der Waals surface area contributed by atoms with Gasteiger partial charge >= 0.3 is 0 Å². The lowest BCUT2D eigenvalue weighted by molar-refractivity contribution is 0.401. The Labute approximate surface area is 91.1 Å². The summed E-state index contributed by atoms with van der Waals surface area (Å²) in [7, 11) is 0. The second-order valence-corrected chi connectivity index (χ2v) is 2.96. The van der Waals surface area contributed by atoms with Gasteiger partial charge < -0.3 is 10.8 Å². The Morgan fingerprint density at radius 1 is 1.50 bits per heavy atom. The number of phenolic OH excluding ortho intramolecular Hbond substituents is 1. The van der Waals surface area contributed by atoms with Gasteiger partial charge in [0.2, 0.25) is 0 Å². The molecule has 0 aromatic heterocycles. The first-order valence-electron chi connectivity index (χ1n) is 3.56. The first-order valence-corrected chi connectivity index (χ1v) is 3.94. The van der Waals surface area contributed by atoms with Gasteiger partial charge in [0.1, 0.15) is 18.2 Å². The van der Waals surface area contributed by atoms with E-state index in [0.29, 0.717) is 0 Å². The molecule has 1 atom stereocenters. The number of rotatable bonds is 2. The third kappa shape index (κ3) is 2.47. The molecule has 6 heteroatoms. The molecule has 0 heterocycles. The Kier molecular flexibility index (Phi) is 5.12.